The summed E-state index contributed by atoms with van der Waals surface area (Å²) in [6, 6.07) is 5.69. The number of carbonyl (C=O) groups is 1. The number of carbonyl (C=O) groups excluding carboxylic acids is 1. The third kappa shape index (κ3) is 2.83. The summed E-state index contributed by atoms with van der Waals surface area (Å²) >= 11 is 6.81. The third-order valence-electron chi connectivity index (χ3n) is 2.71. The van der Waals surface area contributed by atoms with Crippen molar-refractivity contribution in [1.29, 1.82) is 0 Å². The lowest BCUT2D eigenvalue weighted by Gasteiger charge is -2.11. The predicted molar refractivity (Wildman–Crippen MR) is 72.7 cm³/mol. The number of hydrogen-bond donors (Lipinski definition) is 0. The lowest BCUT2D eigenvalue weighted by atomic mass is 9.93. The molecule has 0 saturated heterocycles. The summed E-state index contributed by atoms with van der Waals surface area (Å²) in [7, 11) is 0. The number of benzene rings is 1. The average molecular weight is 344 g/mol. The first-order chi connectivity index (χ1) is 7.66. The van der Waals surface area contributed by atoms with Crippen molar-refractivity contribution in [3.63, 3.8) is 0 Å². The zero-order valence-electron chi connectivity index (χ0n) is 8.80. The average Bonchev–Trinajstić information content (AvgIpc) is 2.28. The van der Waals surface area contributed by atoms with Crippen LogP contribution in [-0.2, 0) is 0 Å². The van der Waals surface area contributed by atoms with Gasteiger partial charge >= 0.3 is 0 Å². The first-order valence-electron chi connectivity index (χ1n) is 5.36. The molecule has 0 N–H and O–H groups in total. The molecule has 0 bridgehead atoms. The fourth-order valence-electron chi connectivity index (χ4n) is 1.91. The van der Waals surface area contributed by atoms with E-state index in [1.165, 1.54) is 6.42 Å². The second kappa shape index (κ2) is 5.28. The van der Waals surface area contributed by atoms with Gasteiger partial charge in [0.05, 0.1) is 0 Å². The molecule has 0 unspecified atom stereocenters. The van der Waals surface area contributed by atoms with Gasteiger partial charge in [0.2, 0.25) is 0 Å². The van der Waals surface area contributed by atoms with E-state index in [9.17, 15) is 4.79 Å². The fraction of sp³-hybridized carbons (Fsp3) is 0.308. The zero-order chi connectivity index (χ0) is 11.5. The molecule has 0 atom stereocenters. The molecule has 1 aliphatic rings. The largest absolute Gasteiger partial charge is 0.289 e. The van der Waals surface area contributed by atoms with Crippen molar-refractivity contribution >= 4 is 37.6 Å². The molecule has 0 aliphatic heterocycles. The SMILES string of the molecule is O=C(C1=CCCCC1)c1cc(Br)cc(Br)c1. The van der Waals surface area contributed by atoms with Crippen LogP contribution in [0.15, 0.2) is 38.8 Å². The van der Waals surface area contributed by atoms with Gasteiger partial charge < -0.3 is 0 Å². The summed E-state index contributed by atoms with van der Waals surface area (Å²) in [5.41, 5.74) is 1.73. The first kappa shape index (κ1) is 12.1. The standard InChI is InChI=1S/C13H12Br2O/c14-11-6-10(7-12(15)8-11)13(16)9-4-2-1-3-5-9/h4,6-8H,1-3,5H2. The first-order valence-corrected chi connectivity index (χ1v) is 6.95. The fourth-order valence-corrected chi connectivity index (χ4v) is 3.21. The van der Waals surface area contributed by atoms with Crippen molar-refractivity contribution in [3.8, 4) is 0 Å². The van der Waals surface area contributed by atoms with Crippen molar-refractivity contribution in [1.82, 2.24) is 0 Å². The Morgan fingerprint density at radius 1 is 1.06 bits per heavy atom. The molecule has 2 rings (SSSR count). The number of allylic oxidation sites excluding steroid dienone is 2. The summed E-state index contributed by atoms with van der Waals surface area (Å²) in [6.07, 6.45) is 6.38. The number of ketones is 1. The number of hydrogen-bond acceptors (Lipinski definition) is 1. The van der Waals surface area contributed by atoms with E-state index in [1.807, 2.05) is 18.2 Å². The Bertz CT molecular complexity index is 429. The molecule has 1 aromatic rings. The molecule has 1 aliphatic carbocycles. The monoisotopic (exact) mass is 342 g/mol. The van der Waals surface area contributed by atoms with Gasteiger partial charge in [-0.1, -0.05) is 37.9 Å². The van der Waals surface area contributed by atoms with Gasteiger partial charge in [-0.25, -0.2) is 0 Å². The smallest absolute Gasteiger partial charge is 0.188 e. The molecule has 0 saturated carbocycles. The van der Waals surface area contributed by atoms with E-state index in [4.69, 9.17) is 0 Å². The van der Waals surface area contributed by atoms with Crippen LogP contribution >= 0.6 is 31.9 Å². The van der Waals surface area contributed by atoms with Crippen molar-refractivity contribution in [3.05, 3.63) is 44.4 Å². The van der Waals surface area contributed by atoms with Crippen LogP contribution in [0, 0.1) is 0 Å². The van der Waals surface area contributed by atoms with Crippen molar-refractivity contribution in [2.75, 3.05) is 0 Å². The molecule has 1 aromatic carbocycles. The Labute approximate surface area is 112 Å². The van der Waals surface area contributed by atoms with E-state index in [-0.39, 0.29) is 5.78 Å². The molecule has 0 heterocycles. The highest BCUT2D eigenvalue weighted by molar-refractivity contribution is 9.11. The summed E-state index contributed by atoms with van der Waals surface area (Å²) in [4.78, 5) is 12.2. The normalized spacial score (nSPS) is 15.8. The lowest BCUT2D eigenvalue weighted by Crippen LogP contribution is -2.06. The minimum Gasteiger partial charge on any atom is -0.289 e. The maximum absolute atomic E-state index is 12.2. The summed E-state index contributed by atoms with van der Waals surface area (Å²) in [5.74, 6) is 0.168. The Hall–Kier alpha value is -0.410. The molecule has 0 spiro atoms. The predicted octanol–water partition coefficient (Wildman–Crippen LogP) is 4.89. The Balaban J connectivity index is 2.29. The second-order valence-corrected chi connectivity index (χ2v) is 5.79. The lowest BCUT2D eigenvalue weighted by molar-refractivity contribution is 0.102. The van der Waals surface area contributed by atoms with Crippen LogP contribution in [-0.4, -0.2) is 5.78 Å². The van der Waals surface area contributed by atoms with Crippen LogP contribution in [0.3, 0.4) is 0 Å². The van der Waals surface area contributed by atoms with E-state index in [2.05, 4.69) is 37.9 Å². The minimum atomic E-state index is 0.168. The molecule has 0 radical (unpaired) electrons. The van der Waals surface area contributed by atoms with E-state index in [1.54, 1.807) is 0 Å². The second-order valence-electron chi connectivity index (χ2n) is 3.96. The van der Waals surface area contributed by atoms with E-state index in [0.29, 0.717) is 0 Å². The van der Waals surface area contributed by atoms with E-state index in [0.717, 1.165) is 39.3 Å². The molecular formula is C13H12Br2O. The van der Waals surface area contributed by atoms with Crippen LogP contribution < -0.4 is 0 Å². The highest BCUT2D eigenvalue weighted by Crippen LogP contribution is 2.25. The van der Waals surface area contributed by atoms with Crippen LogP contribution in [0.1, 0.15) is 36.0 Å². The quantitative estimate of drug-likeness (QED) is 0.698. The van der Waals surface area contributed by atoms with E-state index >= 15 is 0 Å². The third-order valence-corrected chi connectivity index (χ3v) is 3.62. The number of Topliss-reactive ketones (excluding diaryl/α,β-unsaturated/α-hetero) is 1. The molecule has 0 fully saturated rings. The molecule has 84 valence electrons. The van der Waals surface area contributed by atoms with Gasteiger partial charge in [-0.3, -0.25) is 4.79 Å². The molecule has 1 nitrogen and oxygen atoms in total. The van der Waals surface area contributed by atoms with Gasteiger partial charge in [-0.05, 0) is 49.5 Å². The van der Waals surface area contributed by atoms with Crippen LogP contribution in [0.2, 0.25) is 0 Å². The molecule has 16 heavy (non-hydrogen) atoms. The Morgan fingerprint density at radius 2 is 1.75 bits per heavy atom. The van der Waals surface area contributed by atoms with Gasteiger partial charge in [-0.15, -0.1) is 0 Å². The van der Waals surface area contributed by atoms with Gasteiger partial charge in [0.15, 0.2) is 5.78 Å². The molecular weight excluding hydrogens is 332 g/mol. The minimum absolute atomic E-state index is 0.168. The number of rotatable bonds is 2. The highest BCUT2D eigenvalue weighted by atomic mass is 79.9. The Kier molecular flexibility index (Phi) is 3.98. The van der Waals surface area contributed by atoms with Gasteiger partial charge in [0, 0.05) is 14.5 Å². The van der Waals surface area contributed by atoms with Gasteiger partial charge in [0.1, 0.15) is 0 Å². The summed E-state index contributed by atoms with van der Waals surface area (Å²) in [6.45, 7) is 0. The van der Waals surface area contributed by atoms with Crippen LogP contribution in [0.25, 0.3) is 0 Å². The summed E-state index contributed by atoms with van der Waals surface area (Å²) < 4.78 is 1.86. The van der Waals surface area contributed by atoms with Crippen molar-refractivity contribution in [2.45, 2.75) is 25.7 Å². The molecule has 3 heteroatoms. The van der Waals surface area contributed by atoms with Crippen LogP contribution in [0.5, 0.6) is 0 Å². The maximum Gasteiger partial charge on any atom is 0.188 e. The number of halogens is 2. The van der Waals surface area contributed by atoms with Crippen LogP contribution in [0.4, 0.5) is 0 Å². The maximum atomic E-state index is 12.2. The highest BCUT2D eigenvalue weighted by Gasteiger charge is 2.15. The van der Waals surface area contributed by atoms with Crippen molar-refractivity contribution in [2.24, 2.45) is 0 Å². The Morgan fingerprint density at radius 3 is 2.31 bits per heavy atom. The van der Waals surface area contributed by atoms with Crippen molar-refractivity contribution < 1.29 is 4.79 Å². The molecule has 0 amide bonds. The van der Waals surface area contributed by atoms with Gasteiger partial charge in [0.25, 0.3) is 0 Å². The topological polar surface area (TPSA) is 17.1 Å². The molecule has 0 aromatic heterocycles. The summed E-state index contributed by atoms with van der Waals surface area (Å²) in [5, 5.41) is 0. The zero-order valence-corrected chi connectivity index (χ0v) is 12.0. The van der Waals surface area contributed by atoms with Gasteiger partial charge in [-0.2, -0.15) is 0 Å². The van der Waals surface area contributed by atoms with E-state index < -0.39 is 0 Å².